The molecular formula is C8H8INO5. The fraction of sp³-hybridized carbons (Fsp3) is 0.500. The molecule has 0 radical (unpaired) electrons. The highest BCUT2D eigenvalue weighted by Gasteiger charge is 2.41. The predicted octanol–water partition coefficient (Wildman–Crippen LogP) is 0.191. The lowest BCUT2D eigenvalue weighted by atomic mass is 10.1. The summed E-state index contributed by atoms with van der Waals surface area (Å²) in [6.07, 6.45) is -0.0935. The van der Waals surface area contributed by atoms with Crippen molar-refractivity contribution in [2.45, 2.75) is 19.8 Å². The van der Waals surface area contributed by atoms with Crippen LogP contribution in [0, 0.1) is 5.92 Å². The molecule has 6 nitrogen and oxygen atoms in total. The van der Waals surface area contributed by atoms with Gasteiger partial charge < -0.3 is 4.84 Å². The molecular weight excluding hydrogens is 317 g/mol. The molecule has 2 amide bonds. The largest absolute Gasteiger partial charge is 0.331 e. The van der Waals surface area contributed by atoms with Gasteiger partial charge in [-0.3, -0.25) is 14.4 Å². The first kappa shape index (κ1) is 12.1. The summed E-state index contributed by atoms with van der Waals surface area (Å²) < 4.78 is -0.205. The van der Waals surface area contributed by atoms with Crippen LogP contribution in [0.4, 0.5) is 0 Å². The fourth-order valence-corrected chi connectivity index (χ4v) is 1.78. The molecule has 0 aliphatic carbocycles. The molecule has 1 saturated heterocycles. The van der Waals surface area contributed by atoms with Crippen LogP contribution in [0.5, 0.6) is 0 Å². The van der Waals surface area contributed by atoms with Gasteiger partial charge in [0.25, 0.3) is 11.8 Å². The smallest absolute Gasteiger partial charge is 0.330 e. The number of rotatable bonds is 3. The van der Waals surface area contributed by atoms with E-state index in [0.717, 1.165) is 6.92 Å². The second-order valence-corrected chi connectivity index (χ2v) is 4.27. The van der Waals surface area contributed by atoms with Gasteiger partial charge in [0.1, 0.15) is 0 Å². The summed E-state index contributed by atoms with van der Waals surface area (Å²) in [6, 6.07) is 0. The number of hydrogen-bond donors (Lipinski definition) is 0. The lowest BCUT2D eigenvalue weighted by Crippen LogP contribution is -2.32. The number of carbonyl (C=O) groups is 4. The Balaban J connectivity index is 2.70. The van der Waals surface area contributed by atoms with E-state index in [1.54, 1.807) is 22.6 Å². The summed E-state index contributed by atoms with van der Waals surface area (Å²) in [7, 11) is 0. The predicted molar refractivity (Wildman–Crippen MR) is 55.4 cm³/mol. The van der Waals surface area contributed by atoms with Gasteiger partial charge in [0, 0.05) is 19.8 Å². The van der Waals surface area contributed by atoms with Crippen molar-refractivity contribution < 1.29 is 24.0 Å². The van der Waals surface area contributed by atoms with Crippen LogP contribution in [0.3, 0.4) is 0 Å². The lowest BCUT2D eigenvalue weighted by Gasteiger charge is -2.11. The van der Waals surface area contributed by atoms with Crippen molar-refractivity contribution in [3.63, 3.8) is 0 Å². The van der Waals surface area contributed by atoms with E-state index in [1.807, 2.05) is 0 Å². The van der Waals surface area contributed by atoms with E-state index in [4.69, 9.17) is 0 Å². The van der Waals surface area contributed by atoms with Crippen LogP contribution >= 0.6 is 22.6 Å². The Bertz CT molecular complexity index is 340. The number of hydrogen-bond acceptors (Lipinski definition) is 5. The van der Waals surface area contributed by atoms with Gasteiger partial charge in [0.2, 0.25) is 0 Å². The van der Waals surface area contributed by atoms with E-state index >= 15 is 0 Å². The number of imide groups is 1. The van der Waals surface area contributed by atoms with Crippen molar-refractivity contribution in [1.29, 1.82) is 0 Å². The number of amides is 2. The first-order valence-corrected chi connectivity index (χ1v) is 5.23. The van der Waals surface area contributed by atoms with Gasteiger partial charge in [-0.2, -0.15) is 0 Å². The maximum absolute atomic E-state index is 11.5. The molecule has 82 valence electrons. The minimum Gasteiger partial charge on any atom is -0.331 e. The number of carbonyl (C=O) groups excluding carboxylic acids is 4. The van der Waals surface area contributed by atoms with Crippen molar-refractivity contribution in [2.75, 3.05) is 0 Å². The lowest BCUT2D eigenvalue weighted by molar-refractivity contribution is -0.196. The molecule has 0 saturated carbocycles. The molecule has 1 fully saturated rings. The third kappa shape index (κ3) is 2.98. The minimum atomic E-state index is -0.738. The maximum Gasteiger partial charge on any atom is 0.330 e. The summed E-state index contributed by atoms with van der Waals surface area (Å²) in [5.41, 5.74) is 0. The Morgan fingerprint density at radius 3 is 2.60 bits per heavy atom. The minimum absolute atomic E-state index is 0.0110. The summed E-state index contributed by atoms with van der Waals surface area (Å²) >= 11 is 1.55. The first-order chi connectivity index (χ1) is 6.91. The van der Waals surface area contributed by atoms with E-state index in [2.05, 4.69) is 4.84 Å². The standard InChI is InChI=1S/C8H8INO5/c1-4(11)15-10-7(13)3-5(8(10)14)2-6(9)12/h5H,2-3H2,1H3. The monoisotopic (exact) mass is 325 g/mol. The molecule has 1 rings (SSSR count). The number of hydroxylamine groups is 2. The summed E-state index contributed by atoms with van der Waals surface area (Å²) in [4.78, 5) is 48.5. The highest BCUT2D eigenvalue weighted by atomic mass is 127. The molecule has 1 atom stereocenters. The van der Waals surface area contributed by atoms with Crippen molar-refractivity contribution >= 4 is 44.2 Å². The topological polar surface area (TPSA) is 80.8 Å². The van der Waals surface area contributed by atoms with Gasteiger partial charge in [-0.25, -0.2) is 4.79 Å². The highest BCUT2D eigenvalue weighted by molar-refractivity contribution is 14.1. The first-order valence-electron chi connectivity index (χ1n) is 4.15. The molecule has 0 bridgehead atoms. The second-order valence-electron chi connectivity index (χ2n) is 3.07. The van der Waals surface area contributed by atoms with Gasteiger partial charge in [-0.15, -0.1) is 5.06 Å². The van der Waals surface area contributed by atoms with Crippen molar-refractivity contribution in [3.8, 4) is 0 Å². The molecule has 0 spiro atoms. The molecule has 1 aliphatic heterocycles. The molecule has 0 aromatic carbocycles. The molecule has 0 N–H and O–H groups in total. The van der Waals surface area contributed by atoms with Crippen molar-refractivity contribution in [1.82, 2.24) is 5.06 Å². The zero-order chi connectivity index (χ0) is 11.6. The molecule has 7 heteroatoms. The number of halogens is 1. The van der Waals surface area contributed by atoms with E-state index in [9.17, 15) is 19.2 Å². The molecule has 1 aliphatic rings. The van der Waals surface area contributed by atoms with Gasteiger partial charge in [-0.1, -0.05) is 0 Å². The van der Waals surface area contributed by atoms with E-state index < -0.39 is 23.7 Å². The zero-order valence-corrected chi connectivity index (χ0v) is 10.0. The quantitative estimate of drug-likeness (QED) is 0.420. The van der Waals surface area contributed by atoms with Crippen LogP contribution in [-0.4, -0.2) is 26.6 Å². The average molecular weight is 325 g/mol. The zero-order valence-electron chi connectivity index (χ0n) is 7.86. The molecule has 15 heavy (non-hydrogen) atoms. The van der Waals surface area contributed by atoms with E-state index in [1.165, 1.54) is 0 Å². The van der Waals surface area contributed by atoms with Crippen molar-refractivity contribution in [2.24, 2.45) is 5.92 Å². The third-order valence-electron chi connectivity index (χ3n) is 1.82. The Hall–Kier alpha value is -0.990. The fourth-order valence-electron chi connectivity index (χ4n) is 1.25. The third-order valence-corrected chi connectivity index (χ3v) is 2.26. The number of nitrogens with zero attached hydrogens (tertiary/aromatic N) is 1. The average Bonchev–Trinajstić information content (AvgIpc) is 2.31. The van der Waals surface area contributed by atoms with Crippen LogP contribution in [0.15, 0.2) is 0 Å². The summed E-state index contributed by atoms with van der Waals surface area (Å²) in [5, 5.41) is 0.437. The van der Waals surface area contributed by atoms with Crippen LogP contribution in [0.1, 0.15) is 19.8 Å². The van der Waals surface area contributed by atoms with Crippen LogP contribution in [-0.2, 0) is 24.0 Å². The summed E-state index contributed by atoms with van der Waals surface area (Å²) in [6.45, 7) is 1.09. The Morgan fingerprint density at radius 1 is 1.53 bits per heavy atom. The van der Waals surface area contributed by atoms with Gasteiger partial charge in [0.05, 0.1) is 5.92 Å². The molecule has 1 unspecified atom stereocenters. The Morgan fingerprint density at radius 2 is 2.13 bits per heavy atom. The van der Waals surface area contributed by atoms with Crippen LogP contribution in [0.2, 0.25) is 0 Å². The van der Waals surface area contributed by atoms with Gasteiger partial charge in [0.15, 0.2) is 3.79 Å². The summed E-state index contributed by atoms with van der Waals surface area (Å²) in [5.74, 6) is -2.64. The highest BCUT2D eigenvalue weighted by Crippen LogP contribution is 2.24. The van der Waals surface area contributed by atoms with Crippen molar-refractivity contribution in [3.05, 3.63) is 0 Å². The van der Waals surface area contributed by atoms with E-state index in [0.29, 0.717) is 5.06 Å². The molecule has 1 heterocycles. The maximum atomic E-state index is 11.5. The van der Waals surface area contributed by atoms with Gasteiger partial charge >= 0.3 is 5.97 Å². The molecule has 0 aromatic heterocycles. The van der Waals surface area contributed by atoms with Crippen LogP contribution in [0.25, 0.3) is 0 Å². The van der Waals surface area contributed by atoms with Gasteiger partial charge in [-0.05, 0) is 22.6 Å². The molecule has 0 aromatic rings. The van der Waals surface area contributed by atoms with Crippen LogP contribution < -0.4 is 0 Å². The second kappa shape index (κ2) is 4.69. The Labute approximate surface area is 99.0 Å². The SMILES string of the molecule is CC(=O)ON1C(=O)CC(CC(=O)I)C1=O. The normalized spacial score (nSPS) is 20.7. The Kier molecular flexibility index (Phi) is 3.77. The van der Waals surface area contributed by atoms with E-state index in [-0.39, 0.29) is 16.6 Å².